The van der Waals surface area contributed by atoms with E-state index in [-0.39, 0.29) is 37.4 Å². The summed E-state index contributed by atoms with van der Waals surface area (Å²) in [6.07, 6.45) is 0. The first-order chi connectivity index (χ1) is 15.5. The van der Waals surface area contributed by atoms with Gasteiger partial charge in [0.2, 0.25) is 0 Å². The van der Waals surface area contributed by atoms with E-state index in [2.05, 4.69) is 0 Å². The number of hydrogen-bond donors (Lipinski definition) is 0. The van der Waals surface area contributed by atoms with Gasteiger partial charge in [-0.1, -0.05) is 36.4 Å². The molecule has 2 aliphatic heterocycles. The molecule has 164 valence electrons. The van der Waals surface area contributed by atoms with Crippen molar-refractivity contribution in [1.82, 2.24) is 0 Å². The molecule has 2 amide bonds. The van der Waals surface area contributed by atoms with E-state index in [9.17, 15) is 19.2 Å². The Hall–Kier alpha value is -3.94. The van der Waals surface area contributed by atoms with Gasteiger partial charge in [-0.05, 0) is 26.0 Å². The van der Waals surface area contributed by atoms with Crippen LogP contribution in [0.1, 0.15) is 25.0 Å². The van der Waals surface area contributed by atoms with Crippen molar-refractivity contribution in [2.75, 3.05) is 36.1 Å². The highest BCUT2D eigenvalue weighted by atomic mass is 16.5. The SMILES string of the molecule is CCOC(=O)CN1C(=O)/C(=C2\C(=O)N(CC(=O)OCC)c3ccccc32)c2ccccc21. The predicted octanol–water partition coefficient (Wildman–Crippen LogP) is 2.42. The fourth-order valence-corrected chi connectivity index (χ4v) is 4.03. The summed E-state index contributed by atoms with van der Waals surface area (Å²) in [5.41, 5.74) is 2.57. The van der Waals surface area contributed by atoms with Crippen LogP contribution in [0.5, 0.6) is 0 Å². The van der Waals surface area contributed by atoms with E-state index in [0.717, 1.165) is 0 Å². The lowest BCUT2D eigenvalue weighted by molar-refractivity contribution is -0.142. The number of carbonyl (C=O) groups excluding carboxylic acids is 4. The van der Waals surface area contributed by atoms with Crippen LogP contribution in [0.3, 0.4) is 0 Å². The Kier molecular flexibility index (Phi) is 5.77. The van der Waals surface area contributed by atoms with Crippen molar-refractivity contribution >= 4 is 46.3 Å². The van der Waals surface area contributed by atoms with E-state index >= 15 is 0 Å². The fraction of sp³-hybridized carbons (Fsp3) is 0.250. The van der Waals surface area contributed by atoms with Gasteiger partial charge in [0.15, 0.2) is 0 Å². The first kappa shape index (κ1) is 21.3. The lowest BCUT2D eigenvalue weighted by Gasteiger charge is -2.16. The van der Waals surface area contributed by atoms with Gasteiger partial charge in [0.1, 0.15) is 13.1 Å². The average Bonchev–Trinajstić information content (AvgIpc) is 3.20. The first-order valence-electron chi connectivity index (χ1n) is 10.4. The molecule has 0 unspecified atom stereocenters. The summed E-state index contributed by atoms with van der Waals surface area (Å²) >= 11 is 0. The van der Waals surface area contributed by atoms with Crippen LogP contribution >= 0.6 is 0 Å². The third kappa shape index (κ3) is 3.53. The van der Waals surface area contributed by atoms with Crippen LogP contribution in [0.4, 0.5) is 11.4 Å². The van der Waals surface area contributed by atoms with Gasteiger partial charge in [0, 0.05) is 11.1 Å². The second-order valence-electron chi connectivity index (χ2n) is 7.18. The van der Waals surface area contributed by atoms with Crippen molar-refractivity contribution in [3.05, 3.63) is 59.7 Å². The highest BCUT2D eigenvalue weighted by Crippen LogP contribution is 2.46. The molecule has 0 saturated heterocycles. The molecule has 0 fully saturated rings. The van der Waals surface area contributed by atoms with Crippen molar-refractivity contribution in [3.63, 3.8) is 0 Å². The molecule has 2 aromatic rings. The molecule has 0 saturated carbocycles. The van der Waals surface area contributed by atoms with Crippen molar-refractivity contribution in [2.45, 2.75) is 13.8 Å². The molecular formula is C24H22N2O6. The van der Waals surface area contributed by atoms with Crippen molar-refractivity contribution in [2.24, 2.45) is 0 Å². The Bertz CT molecular complexity index is 1060. The third-order valence-corrected chi connectivity index (χ3v) is 5.28. The minimum Gasteiger partial charge on any atom is -0.465 e. The van der Waals surface area contributed by atoms with Crippen LogP contribution in [0.15, 0.2) is 48.5 Å². The summed E-state index contributed by atoms with van der Waals surface area (Å²) in [5.74, 6) is -2.00. The maximum atomic E-state index is 13.5. The quantitative estimate of drug-likeness (QED) is 0.512. The number of benzene rings is 2. The van der Waals surface area contributed by atoms with E-state index in [1.54, 1.807) is 62.4 Å². The largest absolute Gasteiger partial charge is 0.465 e. The maximum Gasteiger partial charge on any atom is 0.326 e. The molecular weight excluding hydrogens is 412 g/mol. The monoisotopic (exact) mass is 434 g/mol. The van der Waals surface area contributed by atoms with Gasteiger partial charge in [0.05, 0.1) is 35.7 Å². The number of ether oxygens (including phenoxy) is 2. The molecule has 0 atom stereocenters. The molecule has 32 heavy (non-hydrogen) atoms. The second-order valence-corrected chi connectivity index (χ2v) is 7.18. The minimum absolute atomic E-state index is 0.200. The average molecular weight is 434 g/mol. The van der Waals surface area contributed by atoms with Crippen LogP contribution < -0.4 is 9.80 Å². The summed E-state index contributed by atoms with van der Waals surface area (Å²) in [6, 6.07) is 14.0. The number of nitrogens with zero attached hydrogens (tertiary/aromatic N) is 2. The van der Waals surface area contributed by atoms with Crippen LogP contribution in [0.2, 0.25) is 0 Å². The zero-order chi connectivity index (χ0) is 22.8. The van der Waals surface area contributed by atoms with Crippen molar-refractivity contribution < 1.29 is 28.7 Å². The van der Waals surface area contributed by atoms with Gasteiger partial charge < -0.3 is 9.47 Å². The van der Waals surface area contributed by atoms with Gasteiger partial charge in [-0.25, -0.2) is 0 Å². The maximum absolute atomic E-state index is 13.5. The minimum atomic E-state index is -0.538. The number of amides is 2. The van der Waals surface area contributed by atoms with Crippen LogP contribution in [0.25, 0.3) is 11.1 Å². The molecule has 0 N–H and O–H groups in total. The zero-order valence-corrected chi connectivity index (χ0v) is 17.8. The van der Waals surface area contributed by atoms with E-state index < -0.39 is 23.8 Å². The van der Waals surface area contributed by atoms with Gasteiger partial charge >= 0.3 is 11.9 Å². The summed E-state index contributed by atoms with van der Waals surface area (Å²) in [7, 11) is 0. The van der Waals surface area contributed by atoms with Crippen LogP contribution in [-0.4, -0.2) is 50.1 Å². The molecule has 2 aliphatic rings. The van der Waals surface area contributed by atoms with E-state index in [1.807, 2.05) is 0 Å². The Morgan fingerprint density at radius 2 is 1.06 bits per heavy atom. The first-order valence-corrected chi connectivity index (χ1v) is 10.4. The van der Waals surface area contributed by atoms with Gasteiger partial charge in [-0.15, -0.1) is 0 Å². The van der Waals surface area contributed by atoms with Crippen molar-refractivity contribution in [1.29, 1.82) is 0 Å². The van der Waals surface area contributed by atoms with E-state index in [4.69, 9.17) is 9.47 Å². The lowest BCUT2D eigenvalue weighted by atomic mass is 9.96. The number of esters is 2. The molecule has 8 heteroatoms. The molecule has 2 heterocycles. The third-order valence-electron chi connectivity index (χ3n) is 5.28. The second kappa shape index (κ2) is 8.66. The number of anilines is 2. The molecule has 0 radical (unpaired) electrons. The van der Waals surface area contributed by atoms with E-state index in [1.165, 1.54) is 9.80 Å². The Balaban J connectivity index is 1.83. The zero-order valence-electron chi connectivity index (χ0n) is 17.8. The summed E-state index contributed by atoms with van der Waals surface area (Å²) in [5, 5.41) is 0. The topological polar surface area (TPSA) is 93.2 Å². The Labute approximate surface area is 185 Å². The smallest absolute Gasteiger partial charge is 0.326 e. The molecule has 0 bridgehead atoms. The number of carbonyl (C=O) groups is 4. The number of hydrogen-bond acceptors (Lipinski definition) is 6. The molecule has 0 aliphatic carbocycles. The number of fused-ring (bicyclic) bond motifs is 2. The van der Waals surface area contributed by atoms with Crippen LogP contribution in [0, 0.1) is 0 Å². The van der Waals surface area contributed by atoms with Crippen molar-refractivity contribution in [3.8, 4) is 0 Å². The summed E-state index contributed by atoms with van der Waals surface area (Å²) in [6.45, 7) is 3.26. The Morgan fingerprint density at radius 1 is 0.688 bits per heavy atom. The lowest BCUT2D eigenvalue weighted by Crippen LogP contribution is -2.35. The predicted molar refractivity (Wildman–Crippen MR) is 118 cm³/mol. The summed E-state index contributed by atoms with van der Waals surface area (Å²) in [4.78, 5) is 53.8. The number of para-hydroxylation sites is 2. The highest BCUT2D eigenvalue weighted by Gasteiger charge is 2.42. The standard InChI is InChI=1S/C24H22N2O6/c1-3-31-19(27)13-25-17-11-7-5-9-15(17)21(23(25)29)22-16-10-6-8-12-18(16)26(24(22)30)14-20(28)32-4-2/h5-12H,3-4,13-14H2,1-2H3/b22-21-. The fourth-order valence-electron chi connectivity index (χ4n) is 4.03. The van der Waals surface area contributed by atoms with Gasteiger partial charge in [-0.2, -0.15) is 0 Å². The molecule has 2 aromatic carbocycles. The van der Waals surface area contributed by atoms with Crippen LogP contribution in [-0.2, 0) is 28.7 Å². The van der Waals surface area contributed by atoms with Gasteiger partial charge in [0.25, 0.3) is 11.8 Å². The number of rotatable bonds is 6. The summed E-state index contributed by atoms with van der Waals surface area (Å²) < 4.78 is 10.0. The van der Waals surface area contributed by atoms with E-state index in [0.29, 0.717) is 22.5 Å². The van der Waals surface area contributed by atoms with Gasteiger partial charge in [-0.3, -0.25) is 29.0 Å². The molecule has 0 spiro atoms. The Morgan fingerprint density at radius 3 is 1.44 bits per heavy atom. The molecule has 4 rings (SSSR count). The molecule has 8 nitrogen and oxygen atoms in total. The highest BCUT2D eigenvalue weighted by molar-refractivity contribution is 6.50. The normalized spacial score (nSPS) is 16.8. The molecule has 0 aromatic heterocycles.